The van der Waals surface area contributed by atoms with Gasteiger partial charge in [-0.2, -0.15) is 5.10 Å². The molecule has 0 saturated heterocycles. The van der Waals surface area contributed by atoms with E-state index >= 15 is 0 Å². The lowest BCUT2D eigenvalue weighted by molar-refractivity contribution is 0.169. The third-order valence-electron chi connectivity index (χ3n) is 3.58. The monoisotopic (exact) mass is 250 g/mol. The van der Waals surface area contributed by atoms with E-state index in [4.69, 9.17) is 5.73 Å². The van der Waals surface area contributed by atoms with Crippen molar-refractivity contribution in [1.29, 1.82) is 0 Å². The highest BCUT2D eigenvalue weighted by molar-refractivity contribution is 5.13. The van der Waals surface area contributed by atoms with E-state index in [-0.39, 0.29) is 0 Å². The fourth-order valence-corrected chi connectivity index (χ4v) is 2.55. The minimum Gasteiger partial charge on any atom is -0.329 e. The molecule has 1 heterocycles. The first-order chi connectivity index (χ1) is 8.65. The van der Waals surface area contributed by atoms with Crippen LogP contribution in [0, 0.1) is 5.92 Å². The highest BCUT2D eigenvalue weighted by Gasteiger charge is 2.34. The average molecular weight is 250 g/mol. The summed E-state index contributed by atoms with van der Waals surface area (Å²) in [4.78, 5) is 2.58. The van der Waals surface area contributed by atoms with Crippen LogP contribution in [0.15, 0.2) is 12.4 Å². The Kier molecular flexibility index (Phi) is 4.40. The zero-order chi connectivity index (χ0) is 13.1. The number of hydrogen-bond acceptors (Lipinski definition) is 3. The molecule has 0 amide bonds. The fraction of sp³-hybridized carbons (Fsp3) is 0.786. The van der Waals surface area contributed by atoms with Crippen LogP contribution in [0.5, 0.6) is 0 Å². The van der Waals surface area contributed by atoms with Crippen LogP contribution in [-0.4, -0.2) is 33.8 Å². The van der Waals surface area contributed by atoms with Crippen LogP contribution in [0.3, 0.4) is 0 Å². The third-order valence-corrected chi connectivity index (χ3v) is 3.58. The summed E-state index contributed by atoms with van der Waals surface area (Å²) in [6.07, 6.45) is 6.78. The minimum atomic E-state index is 0.334. The van der Waals surface area contributed by atoms with E-state index < -0.39 is 0 Å². The van der Waals surface area contributed by atoms with Crippen LogP contribution in [0.1, 0.15) is 45.2 Å². The predicted molar refractivity (Wildman–Crippen MR) is 74.3 cm³/mol. The Labute approximate surface area is 110 Å². The Morgan fingerprint density at radius 3 is 2.67 bits per heavy atom. The molecule has 2 rings (SSSR count). The fourth-order valence-electron chi connectivity index (χ4n) is 2.55. The molecule has 1 fully saturated rings. The molecule has 1 aliphatic carbocycles. The lowest BCUT2D eigenvalue weighted by atomic mass is 10.1. The van der Waals surface area contributed by atoms with E-state index in [0.717, 1.165) is 19.1 Å². The smallest absolute Gasteiger partial charge is 0.0538 e. The lowest BCUT2D eigenvalue weighted by Gasteiger charge is -2.31. The Balaban J connectivity index is 2.13. The van der Waals surface area contributed by atoms with Gasteiger partial charge in [-0.3, -0.25) is 9.58 Å². The summed E-state index contributed by atoms with van der Waals surface area (Å²) < 4.78 is 1.98. The van der Waals surface area contributed by atoms with E-state index in [0.29, 0.717) is 18.5 Å². The van der Waals surface area contributed by atoms with Crippen LogP contribution in [0.2, 0.25) is 0 Å². The first kappa shape index (κ1) is 13.6. The minimum absolute atomic E-state index is 0.334. The first-order valence-electron chi connectivity index (χ1n) is 7.13. The molecule has 0 radical (unpaired) electrons. The number of hydrogen-bond donors (Lipinski definition) is 1. The molecule has 102 valence electrons. The van der Waals surface area contributed by atoms with Crippen LogP contribution >= 0.6 is 0 Å². The molecule has 1 aromatic heterocycles. The van der Waals surface area contributed by atoms with Gasteiger partial charge in [-0.05, 0) is 25.7 Å². The van der Waals surface area contributed by atoms with Gasteiger partial charge in [0.1, 0.15) is 0 Å². The second-order valence-corrected chi connectivity index (χ2v) is 5.70. The molecule has 1 saturated carbocycles. The van der Waals surface area contributed by atoms with E-state index in [9.17, 15) is 0 Å². The summed E-state index contributed by atoms with van der Waals surface area (Å²) in [5.74, 6) is 0.681. The Bertz CT molecular complexity index is 368. The van der Waals surface area contributed by atoms with E-state index in [2.05, 4.69) is 37.0 Å². The van der Waals surface area contributed by atoms with Crippen LogP contribution < -0.4 is 5.73 Å². The second-order valence-electron chi connectivity index (χ2n) is 5.70. The average Bonchev–Trinajstić information content (AvgIpc) is 3.08. The number of rotatable bonds is 7. The Hall–Kier alpha value is -0.870. The van der Waals surface area contributed by atoms with E-state index in [1.807, 2.05) is 10.9 Å². The van der Waals surface area contributed by atoms with Gasteiger partial charge in [-0.1, -0.05) is 13.8 Å². The zero-order valence-electron chi connectivity index (χ0n) is 11.8. The van der Waals surface area contributed by atoms with Crippen LogP contribution in [0.4, 0.5) is 0 Å². The normalized spacial score (nSPS) is 17.7. The highest BCUT2D eigenvalue weighted by Crippen LogP contribution is 2.34. The van der Waals surface area contributed by atoms with Gasteiger partial charge in [0.15, 0.2) is 0 Å². The summed E-state index contributed by atoms with van der Waals surface area (Å²) in [5.41, 5.74) is 7.29. The van der Waals surface area contributed by atoms with Crippen molar-refractivity contribution in [1.82, 2.24) is 14.7 Å². The highest BCUT2D eigenvalue weighted by atomic mass is 15.3. The molecule has 0 bridgehead atoms. The van der Waals surface area contributed by atoms with Gasteiger partial charge in [0, 0.05) is 37.4 Å². The van der Waals surface area contributed by atoms with Crippen molar-refractivity contribution < 1.29 is 0 Å². The zero-order valence-corrected chi connectivity index (χ0v) is 11.8. The maximum Gasteiger partial charge on any atom is 0.0538 e. The lowest BCUT2D eigenvalue weighted by Crippen LogP contribution is -2.37. The van der Waals surface area contributed by atoms with Crippen molar-refractivity contribution in [3.63, 3.8) is 0 Å². The quantitative estimate of drug-likeness (QED) is 0.805. The van der Waals surface area contributed by atoms with Crippen molar-refractivity contribution >= 4 is 0 Å². The maximum absolute atomic E-state index is 6.02. The molecule has 0 spiro atoms. The molecular formula is C14H26N4. The molecule has 4 heteroatoms. The molecule has 1 aromatic rings. The number of nitrogens with zero attached hydrogens (tertiary/aromatic N) is 3. The summed E-state index contributed by atoms with van der Waals surface area (Å²) >= 11 is 0. The van der Waals surface area contributed by atoms with Crippen molar-refractivity contribution in [2.75, 3.05) is 13.1 Å². The second kappa shape index (κ2) is 5.85. The first-order valence-corrected chi connectivity index (χ1v) is 7.13. The molecule has 18 heavy (non-hydrogen) atoms. The third kappa shape index (κ3) is 3.12. The Morgan fingerprint density at radius 1 is 1.50 bits per heavy atom. The van der Waals surface area contributed by atoms with Crippen molar-refractivity contribution in [2.24, 2.45) is 11.7 Å². The number of nitrogens with two attached hydrogens (primary N) is 1. The molecule has 1 atom stereocenters. The van der Waals surface area contributed by atoms with Gasteiger partial charge in [0.2, 0.25) is 0 Å². The SMILES string of the molecule is CCn1cc(C(CN)N(CC(C)C)C2CC2)cn1. The van der Waals surface area contributed by atoms with E-state index in [1.54, 1.807) is 0 Å². The topological polar surface area (TPSA) is 47.1 Å². The maximum atomic E-state index is 6.02. The van der Waals surface area contributed by atoms with Crippen LogP contribution in [-0.2, 0) is 6.54 Å². The molecule has 4 nitrogen and oxygen atoms in total. The summed E-state index contributed by atoms with van der Waals surface area (Å²) in [7, 11) is 0. The van der Waals surface area contributed by atoms with E-state index in [1.165, 1.54) is 18.4 Å². The van der Waals surface area contributed by atoms with Gasteiger partial charge < -0.3 is 5.73 Å². The van der Waals surface area contributed by atoms with Gasteiger partial charge in [-0.25, -0.2) is 0 Å². The Morgan fingerprint density at radius 2 is 2.22 bits per heavy atom. The summed E-state index contributed by atoms with van der Waals surface area (Å²) in [6, 6.07) is 1.08. The molecule has 1 unspecified atom stereocenters. The van der Waals surface area contributed by atoms with Crippen LogP contribution in [0.25, 0.3) is 0 Å². The molecule has 1 aliphatic rings. The van der Waals surface area contributed by atoms with Gasteiger partial charge in [0.05, 0.1) is 12.2 Å². The summed E-state index contributed by atoms with van der Waals surface area (Å²) in [5, 5.41) is 4.38. The van der Waals surface area contributed by atoms with Gasteiger partial charge in [-0.15, -0.1) is 0 Å². The summed E-state index contributed by atoms with van der Waals surface area (Å²) in [6.45, 7) is 9.39. The number of aryl methyl sites for hydroxylation is 1. The van der Waals surface area contributed by atoms with Gasteiger partial charge >= 0.3 is 0 Å². The molecular weight excluding hydrogens is 224 g/mol. The predicted octanol–water partition coefficient (Wildman–Crippen LogP) is 2.02. The van der Waals surface area contributed by atoms with Gasteiger partial charge in [0.25, 0.3) is 0 Å². The molecule has 0 aromatic carbocycles. The molecule has 0 aliphatic heterocycles. The van der Waals surface area contributed by atoms with Crippen molar-refractivity contribution in [3.8, 4) is 0 Å². The van der Waals surface area contributed by atoms with Crippen molar-refractivity contribution in [3.05, 3.63) is 18.0 Å². The van der Waals surface area contributed by atoms with Crippen molar-refractivity contribution in [2.45, 2.75) is 52.2 Å². The largest absolute Gasteiger partial charge is 0.329 e. The number of aromatic nitrogens is 2. The standard InChI is InChI=1S/C14H26N4/c1-4-17-10-12(8-16-17)14(7-15)18(9-11(2)3)13-5-6-13/h8,10-11,13-14H,4-7,9,15H2,1-3H3. The molecule has 2 N–H and O–H groups in total.